The van der Waals surface area contributed by atoms with Gasteiger partial charge in [0, 0.05) is 39.6 Å². The van der Waals surface area contributed by atoms with Crippen molar-refractivity contribution in [2.24, 2.45) is 0 Å². The second kappa shape index (κ2) is 4.41. The Hall–Kier alpha value is -1.10. The molecule has 0 spiro atoms. The van der Waals surface area contributed by atoms with Gasteiger partial charge < -0.3 is 9.64 Å². The van der Waals surface area contributed by atoms with Crippen molar-refractivity contribution in [2.75, 3.05) is 32.7 Å². The summed E-state index contributed by atoms with van der Waals surface area (Å²) in [4.78, 5) is 25.6. The first-order valence-electron chi connectivity index (χ1n) is 5.75. The van der Waals surface area contributed by atoms with Crippen LogP contribution in [0.15, 0.2) is 0 Å². The Balaban J connectivity index is 1.77. The van der Waals surface area contributed by atoms with Gasteiger partial charge in [-0.2, -0.15) is 0 Å². The maximum absolute atomic E-state index is 11.1. The van der Waals surface area contributed by atoms with E-state index in [1.165, 1.54) is 0 Å². The molecule has 1 aliphatic carbocycles. The molecule has 1 aliphatic heterocycles. The molecular formula is C11H18N2O3. The molecule has 0 aromatic rings. The summed E-state index contributed by atoms with van der Waals surface area (Å²) in [6, 6.07) is 0. The molecule has 0 aromatic heterocycles. The highest BCUT2D eigenvalue weighted by molar-refractivity contribution is 5.73. The van der Waals surface area contributed by atoms with Gasteiger partial charge in [0.15, 0.2) is 0 Å². The number of carbonyl (C=O) groups excluding carboxylic acids is 2. The number of carbonyl (C=O) groups is 2. The standard InChI is InChI=1S/C11H18N2O3/c1-10(15)13-6-4-12(5-7-13)8-11(2-3-11)16-9-14/h9H,2-8H2,1H3. The van der Waals surface area contributed by atoms with Gasteiger partial charge in [-0.3, -0.25) is 14.5 Å². The van der Waals surface area contributed by atoms with E-state index in [9.17, 15) is 9.59 Å². The quantitative estimate of drug-likeness (QED) is 0.626. The molecule has 2 aliphatic rings. The van der Waals surface area contributed by atoms with Crippen LogP contribution in [0.25, 0.3) is 0 Å². The molecule has 0 radical (unpaired) electrons. The summed E-state index contributed by atoms with van der Waals surface area (Å²) in [6.07, 6.45) is 1.94. The predicted molar refractivity (Wildman–Crippen MR) is 57.8 cm³/mol. The van der Waals surface area contributed by atoms with Gasteiger partial charge in [-0.15, -0.1) is 0 Å². The lowest BCUT2D eigenvalue weighted by molar-refractivity contribution is -0.137. The van der Waals surface area contributed by atoms with Crippen molar-refractivity contribution >= 4 is 12.4 Å². The summed E-state index contributed by atoms with van der Waals surface area (Å²) in [5, 5.41) is 0. The van der Waals surface area contributed by atoms with Crippen LogP contribution in [-0.2, 0) is 14.3 Å². The van der Waals surface area contributed by atoms with Crippen molar-refractivity contribution < 1.29 is 14.3 Å². The zero-order chi connectivity index (χ0) is 11.6. The van der Waals surface area contributed by atoms with Crippen LogP contribution >= 0.6 is 0 Å². The highest BCUT2D eigenvalue weighted by atomic mass is 16.5. The summed E-state index contributed by atoms with van der Waals surface area (Å²) in [7, 11) is 0. The van der Waals surface area contributed by atoms with Crippen molar-refractivity contribution in [1.82, 2.24) is 9.80 Å². The van der Waals surface area contributed by atoms with Gasteiger partial charge in [0.25, 0.3) is 6.47 Å². The molecule has 1 amide bonds. The number of hydrogen-bond acceptors (Lipinski definition) is 4. The Morgan fingerprint density at radius 3 is 2.38 bits per heavy atom. The number of amides is 1. The smallest absolute Gasteiger partial charge is 0.293 e. The van der Waals surface area contributed by atoms with Crippen LogP contribution in [0.1, 0.15) is 19.8 Å². The van der Waals surface area contributed by atoms with E-state index in [0.717, 1.165) is 45.6 Å². The molecule has 1 saturated heterocycles. The summed E-state index contributed by atoms with van der Waals surface area (Å²) >= 11 is 0. The maximum atomic E-state index is 11.1. The molecular weight excluding hydrogens is 208 g/mol. The molecule has 2 rings (SSSR count). The first-order valence-corrected chi connectivity index (χ1v) is 5.75. The van der Waals surface area contributed by atoms with Gasteiger partial charge in [-0.05, 0) is 12.8 Å². The van der Waals surface area contributed by atoms with Crippen LogP contribution in [-0.4, -0.2) is 60.5 Å². The Morgan fingerprint density at radius 1 is 1.31 bits per heavy atom. The highest BCUT2D eigenvalue weighted by Crippen LogP contribution is 2.39. The molecule has 16 heavy (non-hydrogen) atoms. The van der Waals surface area contributed by atoms with Crippen LogP contribution < -0.4 is 0 Å². The van der Waals surface area contributed by atoms with E-state index >= 15 is 0 Å². The minimum Gasteiger partial charge on any atom is -0.460 e. The highest BCUT2D eigenvalue weighted by Gasteiger charge is 2.46. The Bertz CT molecular complexity index is 281. The minimum absolute atomic E-state index is 0.143. The number of nitrogens with zero attached hydrogens (tertiary/aromatic N) is 2. The molecule has 0 aromatic carbocycles. The third kappa shape index (κ3) is 2.52. The van der Waals surface area contributed by atoms with E-state index in [4.69, 9.17) is 4.74 Å². The van der Waals surface area contributed by atoms with E-state index in [2.05, 4.69) is 4.90 Å². The van der Waals surface area contributed by atoms with Crippen LogP contribution in [0, 0.1) is 0 Å². The van der Waals surface area contributed by atoms with E-state index in [-0.39, 0.29) is 11.5 Å². The molecule has 90 valence electrons. The normalized spacial score (nSPS) is 23.9. The zero-order valence-corrected chi connectivity index (χ0v) is 9.65. The molecule has 0 atom stereocenters. The second-order valence-corrected chi connectivity index (χ2v) is 4.68. The van der Waals surface area contributed by atoms with Gasteiger partial charge in [0.1, 0.15) is 5.60 Å². The fourth-order valence-corrected chi connectivity index (χ4v) is 2.18. The average Bonchev–Trinajstić information content (AvgIpc) is 2.99. The predicted octanol–water partition coefficient (Wildman–Crippen LogP) is -0.144. The molecule has 0 N–H and O–H groups in total. The number of rotatable bonds is 4. The summed E-state index contributed by atoms with van der Waals surface area (Å²) in [6.45, 7) is 6.30. The lowest BCUT2D eigenvalue weighted by Gasteiger charge is -2.35. The average molecular weight is 226 g/mol. The van der Waals surface area contributed by atoms with Crippen molar-refractivity contribution in [3.05, 3.63) is 0 Å². The molecule has 2 fully saturated rings. The largest absolute Gasteiger partial charge is 0.460 e. The Labute approximate surface area is 95.3 Å². The summed E-state index contributed by atoms with van der Waals surface area (Å²) in [5.41, 5.74) is -0.208. The van der Waals surface area contributed by atoms with Gasteiger partial charge in [-0.1, -0.05) is 0 Å². The van der Waals surface area contributed by atoms with E-state index in [1.54, 1.807) is 6.92 Å². The van der Waals surface area contributed by atoms with Gasteiger partial charge in [-0.25, -0.2) is 0 Å². The SMILES string of the molecule is CC(=O)N1CCN(CC2(OC=O)CC2)CC1. The molecule has 5 nitrogen and oxygen atoms in total. The van der Waals surface area contributed by atoms with Gasteiger partial charge >= 0.3 is 0 Å². The fourth-order valence-electron chi connectivity index (χ4n) is 2.18. The number of hydrogen-bond donors (Lipinski definition) is 0. The van der Waals surface area contributed by atoms with Crippen LogP contribution in [0.5, 0.6) is 0 Å². The first-order chi connectivity index (χ1) is 7.65. The van der Waals surface area contributed by atoms with Crippen molar-refractivity contribution in [2.45, 2.75) is 25.4 Å². The topological polar surface area (TPSA) is 49.9 Å². The minimum atomic E-state index is -0.208. The Kier molecular flexibility index (Phi) is 3.14. The molecule has 1 heterocycles. The maximum Gasteiger partial charge on any atom is 0.293 e. The lowest BCUT2D eigenvalue weighted by Crippen LogP contribution is -2.50. The summed E-state index contributed by atoms with van der Waals surface area (Å²) < 4.78 is 5.11. The monoisotopic (exact) mass is 226 g/mol. The van der Waals surface area contributed by atoms with Crippen molar-refractivity contribution in [3.63, 3.8) is 0 Å². The Morgan fingerprint density at radius 2 is 1.94 bits per heavy atom. The van der Waals surface area contributed by atoms with Crippen LogP contribution in [0.2, 0.25) is 0 Å². The van der Waals surface area contributed by atoms with E-state index in [1.807, 2.05) is 4.90 Å². The lowest BCUT2D eigenvalue weighted by atomic mass is 10.2. The number of piperazine rings is 1. The molecule has 1 saturated carbocycles. The summed E-state index contributed by atoms with van der Waals surface area (Å²) in [5.74, 6) is 0.143. The molecule has 0 bridgehead atoms. The van der Waals surface area contributed by atoms with E-state index < -0.39 is 0 Å². The van der Waals surface area contributed by atoms with E-state index in [0.29, 0.717) is 6.47 Å². The zero-order valence-electron chi connectivity index (χ0n) is 9.65. The van der Waals surface area contributed by atoms with Crippen LogP contribution in [0.3, 0.4) is 0 Å². The third-order valence-electron chi connectivity index (χ3n) is 3.44. The number of ether oxygens (including phenoxy) is 1. The third-order valence-corrected chi connectivity index (χ3v) is 3.44. The van der Waals surface area contributed by atoms with Gasteiger partial charge in [0.2, 0.25) is 5.91 Å². The van der Waals surface area contributed by atoms with Crippen molar-refractivity contribution in [1.29, 1.82) is 0 Å². The van der Waals surface area contributed by atoms with Gasteiger partial charge in [0.05, 0.1) is 0 Å². The molecule has 0 unspecified atom stereocenters. The van der Waals surface area contributed by atoms with Crippen molar-refractivity contribution in [3.8, 4) is 0 Å². The van der Waals surface area contributed by atoms with Crippen LogP contribution in [0.4, 0.5) is 0 Å². The first kappa shape index (κ1) is 11.4. The fraction of sp³-hybridized carbons (Fsp3) is 0.818. The second-order valence-electron chi connectivity index (χ2n) is 4.68. The molecule has 5 heteroatoms.